The Morgan fingerprint density at radius 3 is 2.68 bits per heavy atom. The van der Waals surface area contributed by atoms with Crippen LogP contribution in [-0.4, -0.2) is 63.2 Å². The summed E-state index contributed by atoms with van der Waals surface area (Å²) in [6.45, 7) is 6.91. The highest BCUT2D eigenvalue weighted by molar-refractivity contribution is 7.91. The monoisotopic (exact) mass is 480 g/mol. The molecule has 0 radical (unpaired) electrons. The minimum Gasteiger partial charge on any atom is -0.362 e. The van der Waals surface area contributed by atoms with E-state index in [1.807, 2.05) is 51.2 Å². The SMILES string of the molecule is CCS(=O)(=O)c1cccc(C2=CC(C(=O)NCCN(C)C)=C(C)C3Nc4ncc(C)cc4C23)c1. The average molecular weight is 481 g/mol. The van der Waals surface area contributed by atoms with Crippen LogP contribution in [0.4, 0.5) is 5.82 Å². The van der Waals surface area contributed by atoms with Crippen molar-refractivity contribution < 1.29 is 13.2 Å². The summed E-state index contributed by atoms with van der Waals surface area (Å²) in [5.41, 5.74) is 5.38. The molecule has 34 heavy (non-hydrogen) atoms. The second kappa shape index (κ2) is 9.35. The molecule has 2 N–H and O–H groups in total. The van der Waals surface area contributed by atoms with Crippen molar-refractivity contribution in [1.82, 2.24) is 15.2 Å². The van der Waals surface area contributed by atoms with Crippen molar-refractivity contribution in [2.75, 3.05) is 38.3 Å². The van der Waals surface area contributed by atoms with Gasteiger partial charge < -0.3 is 15.5 Å². The molecular formula is C26H32N4O3S. The standard InChI is InChI=1S/C26H32N4O3S/c1-6-34(32,33)19-9-7-8-18(13-19)21-14-20(26(31)27-10-11-30(4)5)17(3)24-23(21)22-12-16(2)15-28-25(22)29-24/h7-9,12-15,23-24H,6,10-11H2,1-5H3,(H,27,31)(H,28,29). The van der Waals surface area contributed by atoms with Crippen molar-refractivity contribution in [3.05, 3.63) is 70.4 Å². The van der Waals surface area contributed by atoms with Gasteiger partial charge in [-0.3, -0.25) is 4.79 Å². The van der Waals surface area contributed by atoms with E-state index in [0.717, 1.165) is 40.2 Å². The molecule has 4 rings (SSSR count). The van der Waals surface area contributed by atoms with Crippen LogP contribution in [0.2, 0.25) is 0 Å². The zero-order valence-electron chi connectivity index (χ0n) is 20.3. The molecule has 0 saturated heterocycles. The maximum atomic E-state index is 13.2. The van der Waals surface area contributed by atoms with Crippen molar-refractivity contribution in [2.24, 2.45) is 0 Å². The lowest BCUT2D eigenvalue weighted by Crippen LogP contribution is -2.35. The van der Waals surface area contributed by atoms with Gasteiger partial charge in [-0.2, -0.15) is 0 Å². The van der Waals surface area contributed by atoms with Crippen molar-refractivity contribution in [3.8, 4) is 0 Å². The number of likely N-dealkylation sites (N-methyl/N-ethyl adjacent to an activating group) is 1. The molecule has 2 unspecified atom stereocenters. The van der Waals surface area contributed by atoms with E-state index in [0.29, 0.717) is 17.0 Å². The molecule has 8 heteroatoms. The molecule has 1 aliphatic heterocycles. The van der Waals surface area contributed by atoms with Crippen molar-refractivity contribution in [1.29, 1.82) is 0 Å². The molecule has 1 amide bonds. The van der Waals surface area contributed by atoms with E-state index in [1.165, 1.54) is 0 Å². The molecule has 7 nitrogen and oxygen atoms in total. The first-order chi connectivity index (χ1) is 16.1. The normalized spacial score (nSPS) is 19.4. The number of nitrogens with zero attached hydrogens (tertiary/aromatic N) is 2. The third kappa shape index (κ3) is 4.52. The Balaban J connectivity index is 1.82. The number of carbonyl (C=O) groups is 1. The van der Waals surface area contributed by atoms with Crippen molar-refractivity contribution >= 4 is 27.1 Å². The van der Waals surface area contributed by atoms with E-state index in [2.05, 4.69) is 21.7 Å². The number of pyridine rings is 1. The van der Waals surface area contributed by atoms with Gasteiger partial charge in [0.05, 0.1) is 16.7 Å². The summed E-state index contributed by atoms with van der Waals surface area (Å²) in [5, 5.41) is 6.53. The minimum absolute atomic E-state index is 0.0353. The second-order valence-electron chi connectivity index (χ2n) is 9.24. The van der Waals surface area contributed by atoms with Gasteiger partial charge in [-0.05, 0) is 68.4 Å². The smallest absolute Gasteiger partial charge is 0.251 e. The maximum Gasteiger partial charge on any atom is 0.251 e. The summed E-state index contributed by atoms with van der Waals surface area (Å²) >= 11 is 0. The first-order valence-corrected chi connectivity index (χ1v) is 13.2. The highest BCUT2D eigenvalue weighted by Gasteiger charge is 2.41. The summed E-state index contributed by atoms with van der Waals surface area (Å²) in [6.07, 6.45) is 3.76. The van der Waals surface area contributed by atoms with Gasteiger partial charge >= 0.3 is 0 Å². The molecule has 2 aliphatic rings. The van der Waals surface area contributed by atoms with Gasteiger partial charge in [0.25, 0.3) is 5.91 Å². The molecule has 2 atom stereocenters. The third-order valence-corrected chi connectivity index (χ3v) is 8.27. The Hall–Kier alpha value is -2.97. The van der Waals surface area contributed by atoms with E-state index >= 15 is 0 Å². The van der Waals surface area contributed by atoms with Crippen LogP contribution in [-0.2, 0) is 14.6 Å². The fourth-order valence-corrected chi connectivity index (χ4v) is 5.55. The van der Waals surface area contributed by atoms with E-state index in [-0.39, 0.29) is 23.6 Å². The molecular weight excluding hydrogens is 448 g/mol. The average Bonchev–Trinajstić information content (AvgIpc) is 3.18. The van der Waals surface area contributed by atoms with Crippen LogP contribution in [0.1, 0.15) is 36.5 Å². The van der Waals surface area contributed by atoms with E-state index in [1.54, 1.807) is 25.1 Å². The molecule has 0 fully saturated rings. The number of rotatable bonds is 7. The van der Waals surface area contributed by atoms with Gasteiger partial charge in [-0.1, -0.05) is 25.1 Å². The van der Waals surface area contributed by atoms with Gasteiger partial charge in [-0.25, -0.2) is 13.4 Å². The zero-order chi connectivity index (χ0) is 24.6. The molecule has 0 saturated carbocycles. The van der Waals surface area contributed by atoms with Gasteiger partial charge in [0.2, 0.25) is 0 Å². The number of aromatic nitrogens is 1. The molecule has 0 bridgehead atoms. The Morgan fingerprint density at radius 1 is 1.21 bits per heavy atom. The summed E-state index contributed by atoms with van der Waals surface area (Å²) in [7, 11) is 0.568. The summed E-state index contributed by atoms with van der Waals surface area (Å²) in [5.74, 6) is 0.639. The lowest BCUT2D eigenvalue weighted by molar-refractivity contribution is -0.117. The Bertz CT molecular complexity index is 1290. The van der Waals surface area contributed by atoms with Crippen LogP contribution >= 0.6 is 0 Å². The number of sulfone groups is 1. The molecule has 0 spiro atoms. The van der Waals surface area contributed by atoms with Crippen LogP contribution in [0.25, 0.3) is 5.57 Å². The van der Waals surface area contributed by atoms with Gasteiger partial charge in [-0.15, -0.1) is 0 Å². The largest absolute Gasteiger partial charge is 0.362 e. The molecule has 1 aromatic carbocycles. The van der Waals surface area contributed by atoms with Crippen LogP contribution in [0, 0.1) is 6.92 Å². The molecule has 180 valence electrons. The number of aryl methyl sites for hydroxylation is 1. The minimum atomic E-state index is -3.36. The number of hydrogen-bond donors (Lipinski definition) is 2. The fourth-order valence-electron chi connectivity index (χ4n) is 4.62. The topological polar surface area (TPSA) is 91.4 Å². The highest BCUT2D eigenvalue weighted by Crippen LogP contribution is 2.49. The molecule has 2 aromatic rings. The van der Waals surface area contributed by atoms with Crippen LogP contribution < -0.4 is 10.6 Å². The second-order valence-corrected chi connectivity index (χ2v) is 11.5. The lowest BCUT2D eigenvalue weighted by atomic mass is 9.75. The number of carbonyl (C=O) groups excluding carboxylic acids is 1. The third-order valence-electron chi connectivity index (χ3n) is 6.54. The Morgan fingerprint density at radius 2 is 1.97 bits per heavy atom. The van der Waals surface area contributed by atoms with Crippen molar-refractivity contribution in [2.45, 2.75) is 37.6 Å². The van der Waals surface area contributed by atoms with Gasteiger partial charge in [0.15, 0.2) is 9.84 Å². The number of nitrogens with one attached hydrogen (secondary N) is 2. The van der Waals surface area contributed by atoms with Crippen LogP contribution in [0.3, 0.4) is 0 Å². The van der Waals surface area contributed by atoms with Crippen LogP contribution in [0.15, 0.2) is 58.6 Å². The highest BCUT2D eigenvalue weighted by atomic mass is 32.2. The lowest BCUT2D eigenvalue weighted by Gasteiger charge is -2.30. The number of fused-ring (bicyclic) bond motifs is 3. The quantitative estimate of drug-likeness (QED) is 0.633. The van der Waals surface area contributed by atoms with Crippen LogP contribution in [0.5, 0.6) is 0 Å². The Kier molecular flexibility index (Phi) is 6.64. The first kappa shape index (κ1) is 24.2. The summed E-state index contributed by atoms with van der Waals surface area (Å²) < 4.78 is 25.2. The maximum absolute atomic E-state index is 13.2. The number of benzene rings is 1. The van der Waals surface area contributed by atoms with E-state index < -0.39 is 9.84 Å². The molecule has 1 aromatic heterocycles. The van der Waals surface area contributed by atoms with E-state index in [4.69, 9.17) is 0 Å². The number of amides is 1. The first-order valence-electron chi connectivity index (χ1n) is 11.5. The Labute approximate surface area is 201 Å². The molecule has 2 heterocycles. The fraction of sp³-hybridized carbons (Fsp3) is 0.385. The van der Waals surface area contributed by atoms with Gasteiger partial charge in [0, 0.05) is 36.3 Å². The molecule has 1 aliphatic carbocycles. The zero-order valence-corrected chi connectivity index (χ0v) is 21.2. The summed E-state index contributed by atoms with van der Waals surface area (Å²) in [4.78, 5) is 20.1. The predicted octanol–water partition coefficient (Wildman–Crippen LogP) is 3.15. The van der Waals surface area contributed by atoms with Crippen molar-refractivity contribution in [3.63, 3.8) is 0 Å². The van der Waals surface area contributed by atoms with E-state index in [9.17, 15) is 13.2 Å². The number of hydrogen-bond acceptors (Lipinski definition) is 6. The number of anilines is 1. The predicted molar refractivity (Wildman–Crippen MR) is 136 cm³/mol. The van der Waals surface area contributed by atoms with Gasteiger partial charge in [0.1, 0.15) is 5.82 Å². The summed E-state index contributed by atoms with van der Waals surface area (Å²) in [6, 6.07) is 9.03.